The number of ether oxygens (including phenoxy) is 1. The maximum Gasteiger partial charge on any atom is 0.272 e. The van der Waals surface area contributed by atoms with E-state index in [0.717, 1.165) is 11.3 Å². The molecule has 1 aliphatic rings. The Hall–Kier alpha value is -3.16. The molecule has 3 aromatic rings. The van der Waals surface area contributed by atoms with Gasteiger partial charge in [0, 0.05) is 24.8 Å². The number of nitrogens with zero attached hydrogens (tertiary/aromatic N) is 5. The summed E-state index contributed by atoms with van der Waals surface area (Å²) in [6, 6.07) is 9.52. The molecule has 1 amide bonds. The fourth-order valence-electron chi connectivity index (χ4n) is 2.80. The highest BCUT2D eigenvalue weighted by Gasteiger charge is 2.33. The van der Waals surface area contributed by atoms with Crippen molar-refractivity contribution in [3.63, 3.8) is 0 Å². The van der Waals surface area contributed by atoms with E-state index in [0.29, 0.717) is 24.5 Å². The van der Waals surface area contributed by atoms with Crippen LogP contribution in [0.25, 0.3) is 11.3 Å². The van der Waals surface area contributed by atoms with Crippen molar-refractivity contribution in [1.29, 1.82) is 0 Å². The second-order valence-electron chi connectivity index (χ2n) is 5.61. The van der Waals surface area contributed by atoms with Crippen molar-refractivity contribution in [2.45, 2.75) is 6.04 Å². The molecule has 4 rings (SSSR count). The molecule has 122 valence electrons. The molecular weight excluding hydrogens is 308 g/mol. The highest BCUT2D eigenvalue weighted by Crippen LogP contribution is 2.29. The molecule has 2 aromatic heterocycles. The Bertz CT molecular complexity index is 851. The normalized spacial score (nSPS) is 14.5. The maximum absolute atomic E-state index is 12.5. The fourth-order valence-corrected chi connectivity index (χ4v) is 2.80. The zero-order valence-corrected chi connectivity index (χ0v) is 13.1. The molecule has 8 heteroatoms. The van der Waals surface area contributed by atoms with Crippen LogP contribution in [0.5, 0.6) is 5.75 Å². The van der Waals surface area contributed by atoms with Crippen molar-refractivity contribution in [3.05, 3.63) is 48.4 Å². The van der Waals surface area contributed by atoms with Gasteiger partial charge >= 0.3 is 0 Å². The van der Waals surface area contributed by atoms with Gasteiger partial charge in [-0.2, -0.15) is 5.10 Å². The summed E-state index contributed by atoms with van der Waals surface area (Å²) in [5.74, 6) is 0.651. The predicted molar refractivity (Wildman–Crippen MR) is 85.5 cm³/mol. The third-order valence-corrected chi connectivity index (χ3v) is 4.16. The van der Waals surface area contributed by atoms with Gasteiger partial charge in [-0.15, -0.1) is 5.10 Å². The quantitative estimate of drug-likeness (QED) is 0.783. The number of likely N-dealkylation sites (tertiary alicyclic amines) is 1. The molecular formula is C16H16N6O2. The van der Waals surface area contributed by atoms with Crippen molar-refractivity contribution >= 4 is 5.91 Å². The lowest BCUT2D eigenvalue weighted by Gasteiger charge is -2.38. The Morgan fingerprint density at radius 1 is 1.33 bits per heavy atom. The van der Waals surface area contributed by atoms with Crippen LogP contribution >= 0.6 is 0 Å². The first-order chi connectivity index (χ1) is 11.8. The molecule has 24 heavy (non-hydrogen) atoms. The van der Waals surface area contributed by atoms with Gasteiger partial charge in [0.05, 0.1) is 25.0 Å². The summed E-state index contributed by atoms with van der Waals surface area (Å²) in [5.41, 5.74) is 2.00. The molecule has 0 spiro atoms. The molecule has 0 radical (unpaired) electrons. The van der Waals surface area contributed by atoms with Crippen LogP contribution in [-0.4, -0.2) is 56.2 Å². The first-order valence-corrected chi connectivity index (χ1v) is 7.60. The summed E-state index contributed by atoms with van der Waals surface area (Å²) in [7, 11) is 1.61. The molecule has 1 aromatic carbocycles. The largest absolute Gasteiger partial charge is 0.496 e. The summed E-state index contributed by atoms with van der Waals surface area (Å²) in [4.78, 5) is 14.3. The maximum atomic E-state index is 12.5. The average Bonchev–Trinajstić information content (AvgIpc) is 3.25. The standard InChI is InChI=1S/C16H16N6O2/c1-24-15-5-3-2-4-12(15)13-8-14(19-18-13)16(23)21-9-11(10-21)22-7-6-17-20-22/h2-8,11H,9-10H2,1H3,(H,18,19). The molecule has 0 unspecified atom stereocenters. The van der Waals surface area contributed by atoms with Crippen LogP contribution in [0.1, 0.15) is 16.5 Å². The Kier molecular flexibility index (Phi) is 3.49. The van der Waals surface area contributed by atoms with Crippen molar-refractivity contribution in [1.82, 2.24) is 30.1 Å². The molecule has 0 atom stereocenters. The number of amides is 1. The van der Waals surface area contributed by atoms with Gasteiger partial charge in [0.15, 0.2) is 0 Å². The topological polar surface area (TPSA) is 88.9 Å². The first-order valence-electron chi connectivity index (χ1n) is 7.60. The zero-order valence-electron chi connectivity index (χ0n) is 13.1. The van der Waals surface area contributed by atoms with Gasteiger partial charge in [0.2, 0.25) is 0 Å². The molecule has 8 nitrogen and oxygen atoms in total. The second-order valence-corrected chi connectivity index (χ2v) is 5.61. The Balaban J connectivity index is 1.48. The Morgan fingerprint density at radius 2 is 2.17 bits per heavy atom. The summed E-state index contributed by atoms with van der Waals surface area (Å²) >= 11 is 0. The van der Waals surface area contributed by atoms with Gasteiger partial charge in [-0.05, 0) is 18.2 Å². The summed E-state index contributed by atoms with van der Waals surface area (Å²) in [6.45, 7) is 1.23. The van der Waals surface area contributed by atoms with E-state index in [2.05, 4.69) is 20.5 Å². The number of carbonyl (C=O) groups is 1. The van der Waals surface area contributed by atoms with Crippen molar-refractivity contribution in [2.75, 3.05) is 20.2 Å². The van der Waals surface area contributed by atoms with E-state index >= 15 is 0 Å². The smallest absolute Gasteiger partial charge is 0.272 e. The third-order valence-electron chi connectivity index (χ3n) is 4.16. The van der Waals surface area contributed by atoms with Crippen LogP contribution in [0.15, 0.2) is 42.7 Å². The van der Waals surface area contributed by atoms with Gasteiger partial charge in [0.1, 0.15) is 11.4 Å². The second kappa shape index (κ2) is 5.80. The number of carbonyl (C=O) groups excluding carboxylic acids is 1. The number of aromatic nitrogens is 5. The molecule has 1 saturated heterocycles. The van der Waals surface area contributed by atoms with E-state index < -0.39 is 0 Å². The van der Waals surface area contributed by atoms with E-state index in [1.54, 1.807) is 29.0 Å². The first kappa shape index (κ1) is 14.4. The number of hydrogen-bond acceptors (Lipinski definition) is 5. The van der Waals surface area contributed by atoms with Crippen LogP contribution in [-0.2, 0) is 0 Å². The van der Waals surface area contributed by atoms with Gasteiger partial charge in [-0.1, -0.05) is 17.3 Å². The highest BCUT2D eigenvalue weighted by molar-refractivity contribution is 5.94. The number of nitrogens with one attached hydrogen (secondary N) is 1. The molecule has 3 heterocycles. The summed E-state index contributed by atoms with van der Waals surface area (Å²) in [6.07, 6.45) is 3.45. The fraction of sp³-hybridized carbons (Fsp3) is 0.250. The monoisotopic (exact) mass is 324 g/mol. The molecule has 0 bridgehead atoms. The van der Waals surface area contributed by atoms with Gasteiger partial charge in [-0.25, -0.2) is 4.68 Å². The minimum atomic E-state index is -0.0694. The molecule has 0 aliphatic carbocycles. The lowest BCUT2D eigenvalue weighted by atomic mass is 10.1. The number of H-pyrrole nitrogens is 1. The van der Waals surface area contributed by atoms with E-state index in [-0.39, 0.29) is 11.9 Å². The van der Waals surface area contributed by atoms with Crippen LogP contribution in [0, 0.1) is 0 Å². The molecule has 1 N–H and O–H groups in total. The number of methoxy groups -OCH3 is 1. The number of rotatable bonds is 4. The van der Waals surface area contributed by atoms with Crippen LogP contribution < -0.4 is 4.74 Å². The SMILES string of the molecule is COc1ccccc1-c1cc(C(=O)N2CC(n3ccnn3)C2)[nH]n1. The molecule has 1 aliphatic heterocycles. The number of hydrogen-bond donors (Lipinski definition) is 1. The van der Waals surface area contributed by atoms with Crippen molar-refractivity contribution in [2.24, 2.45) is 0 Å². The summed E-state index contributed by atoms with van der Waals surface area (Å²) in [5, 5.41) is 14.8. The van der Waals surface area contributed by atoms with Crippen LogP contribution in [0.2, 0.25) is 0 Å². The van der Waals surface area contributed by atoms with E-state index in [4.69, 9.17) is 4.74 Å². The Labute approximate surface area is 138 Å². The van der Waals surface area contributed by atoms with E-state index in [1.165, 1.54) is 0 Å². The Morgan fingerprint density at radius 3 is 2.92 bits per heavy atom. The van der Waals surface area contributed by atoms with Gasteiger partial charge in [0.25, 0.3) is 5.91 Å². The van der Waals surface area contributed by atoms with Gasteiger partial charge < -0.3 is 9.64 Å². The van der Waals surface area contributed by atoms with Crippen molar-refractivity contribution < 1.29 is 9.53 Å². The lowest BCUT2D eigenvalue weighted by Crippen LogP contribution is -2.51. The molecule has 1 fully saturated rings. The predicted octanol–water partition coefficient (Wildman–Crippen LogP) is 1.37. The summed E-state index contributed by atoms with van der Waals surface area (Å²) < 4.78 is 7.11. The van der Waals surface area contributed by atoms with E-state index in [9.17, 15) is 4.79 Å². The third kappa shape index (κ3) is 2.41. The minimum Gasteiger partial charge on any atom is -0.496 e. The minimum absolute atomic E-state index is 0.0694. The highest BCUT2D eigenvalue weighted by atomic mass is 16.5. The number of aromatic amines is 1. The molecule has 0 saturated carbocycles. The number of para-hydroxylation sites is 1. The average molecular weight is 324 g/mol. The van der Waals surface area contributed by atoms with Crippen LogP contribution in [0.3, 0.4) is 0 Å². The zero-order chi connectivity index (χ0) is 16.5. The van der Waals surface area contributed by atoms with Crippen molar-refractivity contribution in [3.8, 4) is 17.0 Å². The van der Waals surface area contributed by atoms with Crippen LogP contribution in [0.4, 0.5) is 0 Å². The number of benzene rings is 1. The van der Waals surface area contributed by atoms with Gasteiger partial charge in [-0.3, -0.25) is 9.89 Å². The lowest BCUT2D eigenvalue weighted by molar-refractivity contribution is 0.0492. The van der Waals surface area contributed by atoms with E-state index in [1.807, 2.05) is 30.5 Å².